The molecule has 0 spiro atoms. The van der Waals surface area contributed by atoms with Crippen LogP contribution in [0.3, 0.4) is 0 Å². The van der Waals surface area contributed by atoms with Crippen LogP contribution in [0.15, 0.2) is 47.8 Å². The summed E-state index contributed by atoms with van der Waals surface area (Å²) in [4.78, 5) is 16.8. The highest BCUT2D eigenvalue weighted by atomic mass is 32.2. The molecular formula is C21H24N4OS. The second-order valence-electron chi connectivity index (χ2n) is 7.61. The van der Waals surface area contributed by atoms with Crippen LogP contribution in [-0.4, -0.2) is 31.3 Å². The van der Waals surface area contributed by atoms with Gasteiger partial charge in [-0.3, -0.25) is 14.3 Å². The van der Waals surface area contributed by atoms with Gasteiger partial charge >= 0.3 is 0 Å². The molecule has 0 radical (unpaired) electrons. The average molecular weight is 381 g/mol. The monoisotopic (exact) mass is 380 g/mol. The minimum atomic E-state index is -0.374. The van der Waals surface area contributed by atoms with E-state index in [1.807, 2.05) is 43.5 Å². The minimum absolute atomic E-state index is 0.182. The van der Waals surface area contributed by atoms with Crippen molar-refractivity contribution in [3.8, 4) is 17.2 Å². The first-order valence-corrected chi connectivity index (χ1v) is 9.86. The van der Waals surface area contributed by atoms with E-state index in [4.69, 9.17) is 0 Å². The van der Waals surface area contributed by atoms with Crippen molar-refractivity contribution in [2.75, 3.05) is 5.75 Å². The Hall–Kier alpha value is -2.47. The Morgan fingerprint density at radius 1 is 1.11 bits per heavy atom. The number of nitrogens with zero attached hydrogens (tertiary/aromatic N) is 4. The van der Waals surface area contributed by atoms with E-state index in [2.05, 4.69) is 47.2 Å². The fraction of sp³-hybridized carbons (Fsp3) is 0.333. The number of Topliss-reactive ketones (excluding diaryl/α,β-unsaturated/α-hetero) is 1. The number of benzene rings is 1. The highest BCUT2D eigenvalue weighted by molar-refractivity contribution is 7.99. The van der Waals surface area contributed by atoms with Gasteiger partial charge in [-0.1, -0.05) is 56.3 Å². The predicted molar refractivity (Wildman–Crippen MR) is 109 cm³/mol. The third-order valence-corrected chi connectivity index (χ3v) is 5.22. The van der Waals surface area contributed by atoms with Crippen LogP contribution < -0.4 is 0 Å². The second kappa shape index (κ2) is 7.64. The standard InChI is InChI=1S/C21H24N4OS/c1-14-9-10-17(15(2)12-14)25-19(16-8-6-7-11-22-16)23-24-20(25)27-13-18(26)21(3,4)5/h6-12H,13H2,1-5H3. The molecule has 3 rings (SSSR count). The third-order valence-electron chi connectivity index (χ3n) is 4.29. The molecule has 0 fully saturated rings. The van der Waals surface area contributed by atoms with Crippen LogP contribution in [0, 0.1) is 19.3 Å². The molecule has 2 aromatic heterocycles. The number of pyridine rings is 1. The Labute approximate surface area is 164 Å². The maximum absolute atomic E-state index is 12.4. The van der Waals surface area contributed by atoms with E-state index in [1.165, 1.54) is 17.3 Å². The van der Waals surface area contributed by atoms with Gasteiger partial charge in [-0.25, -0.2) is 0 Å². The molecule has 6 heteroatoms. The Bertz CT molecular complexity index is 958. The van der Waals surface area contributed by atoms with Crippen molar-refractivity contribution in [2.45, 2.75) is 39.8 Å². The van der Waals surface area contributed by atoms with E-state index < -0.39 is 0 Å². The summed E-state index contributed by atoms with van der Waals surface area (Å²) < 4.78 is 2.00. The van der Waals surface area contributed by atoms with Crippen molar-refractivity contribution in [2.24, 2.45) is 5.41 Å². The summed E-state index contributed by atoms with van der Waals surface area (Å²) in [6.07, 6.45) is 1.74. The van der Waals surface area contributed by atoms with Crippen LogP contribution in [0.5, 0.6) is 0 Å². The van der Waals surface area contributed by atoms with Gasteiger partial charge in [0.15, 0.2) is 11.0 Å². The van der Waals surface area contributed by atoms with Gasteiger partial charge in [-0.15, -0.1) is 10.2 Å². The highest BCUT2D eigenvalue weighted by Gasteiger charge is 2.24. The molecule has 0 saturated carbocycles. The topological polar surface area (TPSA) is 60.7 Å². The normalized spacial score (nSPS) is 11.6. The number of aryl methyl sites for hydroxylation is 2. The summed E-state index contributed by atoms with van der Waals surface area (Å²) in [6, 6.07) is 12.0. The SMILES string of the molecule is Cc1ccc(-n2c(SCC(=O)C(C)(C)C)nnc2-c2ccccn2)c(C)c1. The molecule has 0 saturated heterocycles. The maximum atomic E-state index is 12.4. The van der Waals surface area contributed by atoms with E-state index in [1.54, 1.807) is 6.20 Å². The number of aromatic nitrogens is 4. The van der Waals surface area contributed by atoms with Crippen molar-refractivity contribution in [1.82, 2.24) is 19.7 Å². The third kappa shape index (κ3) is 4.27. The molecule has 0 unspecified atom stereocenters. The van der Waals surface area contributed by atoms with Crippen LogP contribution in [0.25, 0.3) is 17.2 Å². The van der Waals surface area contributed by atoms with Crippen molar-refractivity contribution in [1.29, 1.82) is 0 Å². The van der Waals surface area contributed by atoms with Gasteiger partial charge in [0.1, 0.15) is 11.5 Å². The lowest BCUT2D eigenvalue weighted by Crippen LogP contribution is -2.22. The van der Waals surface area contributed by atoms with E-state index in [0.29, 0.717) is 16.7 Å². The quantitative estimate of drug-likeness (QED) is 0.603. The molecule has 0 aliphatic heterocycles. The summed E-state index contributed by atoms with van der Waals surface area (Å²) in [6.45, 7) is 9.94. The Morgan fingerprint density at radius 2 is 1.89 bits per heavy atom. The molecule has 0 aliphatic carbocycles. The van der Waals surface area contributed by atoms with E-state index in [9.17, 15) is 4.79 Å². The van der Waals surface area contributed by atoms with Crippen LogP contribution in [-0.2, 0) is 4.79 Å². The maximum Gasteiger partial charge on any atom is 0.196 e. The van der Waals surface area contributed by atoms with Gasteiger partial charge < -0.3 is 0 Å². The number of carbonyl (C=O) groups is 1. The molecule has 27 heavy (non-hydrogen) atoms. The zero-order valence-electron chi connectivity index (χ0n) is 16.4. The molecule has 3 aromatic rings. The summed E-state index contributed by atoms with van der Waals surface area (Å²) in [7, 11) is 0. The van der Waals surface area contributed by atoms with E-state index in [-0.39, 0.29) is 11.2 Å². The molecule has 0 bridgehead atoms. The average Bonchev–Trinajstić information content (AvgIpc) is 3.03. The molecule has 2 heterocycles. The molecular weight excluding hydrogens is 356 g/mol. The Balaban J connectivity index is 2.07. The van der Waals surface area contributed by atoms with Crippen LogP contribution >= 0.6 is 11.8 Å². The van der Waals surface area contributed by atoms with Crippen LogP contribution in [0.1, 0.15) is 31.9 Å². The first-order valence-electron chi connectivity index (χ1n) is 8.88. The lowest BCUT2D eigenvalue weighted by atomic mass is 9.92. The van der Waals surface area contributed by atoms with Crippen molar-refractivity contribution in [3.05, 3.63) is 53.7 Å². The summed E-state index contributed by atoms with van der Waals surface area (Å²) in [5.74, 6) is 1.21. The van der Waals surface area contributed by atoms with Gasteiger partial charge in [0.05, 0.1) is 11.4 Å². The largest absolute Gasteiger partial charge is 0.298 e. The number of carbonyl (C=O) groups excluding carboxylic acids is 1. The van der Waals surface area contributed by atoms with Gasteiger partial charge in [0.2, 0.25) is 0 Å². The van der Waals surface area contributed by atoms with Gasteiger partial charge in [-0.2, -0.15) is 0 Å². The fourth-order valence-corrected chi connectivity index (χ4v) is 3.75. The van der Waals surface area contributed by atoms with Crippen LogP contribution in [0.4, 0.5) is 0 Å². The van der Waals surface area contributed by atoms with Gasteiger partial charge in [0, 0.05) is 11.6 Å². The van der Waals surface area contributed by atoms with Gasteiger partial charge in [-0.05, 0) is 37.6 Å². The smallest absolute Gasteiger partial charge is 0.196 e. The predicted octanol–water partition coefficient (Wildman–Crippen LogP) is 4.65. The minimum Gasteiger partial charge on any atom is -0.298 e. The lowest BCUT2D eigenvalue weighted by Gasteiger charge is -2.17. The van der Waals surface area contributed by atoms with Gasteiger partial charge in [0.25, 0.3) is 0 Å². The first-order chi connectivity index (χ1) is 12.8. The number of thioether (sulfide) groups is 1. The fourth-order valence-electron chi connectivity index (χ4n) is 2.64. The highest BCUT2D eigenvalue weighted by Crippen LogP contribution is 2.30. The summed E-state index contributed by atoms with van der Waals surface area (Å²) in [5.41, 5.74) is 3.69. The lowest BCUT2D eigenvalue weighted by molar-refractivity contribution is -0.123. The second-order valence-corrected chi connectivity index (χ2v) is 8.55. The van der Waals surface area contributed by atoms with E-state index in [0.717, 1.165) is 16.9 Å². The number of rotatable bonds is 5. The number of hydrogen-bond donors (Lipinski definition) is 0. The van der Waals surface area contributed by atoms with Crippen molar-refractivity contribution in [3.63, 3.8) is 0 Å². The van der Waals surface area contributed by atoms with Crippen LogP contribution in [0.2, 0.25) is 0 Å². The first kappa shape index (κ1) is 19.3. The van der Waals surface area contributed by atoms with Crippen molar-refractivity contribution >= 4 is 17.5 Å². The zero-order chi connectivity index (χ0) is 19.6. The molecule has 1 aromatic carbocycles. The molecule has 5 nitrogen and oxygen atoms in total. The summed E-state index contributed by atoms with van der Waals surface area (Å²) >= 11 is 1.42. The molecule has 0 aliphatic rings. The molecule has 0 amide bonds. The van der Waals surface area contributed by atoms with Crippen molar-refractivity contribution < 1.29 is 4.79 Å². The number of ketones is 1. The molecule has 0 N–H and O–H groups in total. The molecule has 140 valence electrons. The van der Waals surface area contributed by atoms with E-state index >= 15 is 0 Å². The molecule has 0 atom stereocenters. The summed E-state index contributed by atoms with van der Waals surface area (Å²) in [5, 5.41) is 9.45. The Kier molecular flexibility index (Phi) is 5.46. The Morgan fingerprint density at radius 3 is 2.52 bits per heavy atom. The zero-order valence-corrected chi connectivity index (χ0v) is 17.2. The number of hydrogen-bond acceptors (Lipinski definition) is 5.